The first-order chi connectivity index (χ1) is 19.8. The Bertz CT molecular complexity index is 2130. The molecule has 0 heterocycles. The van der Waals surface area contributed by atoms with E-state index < -0.39 is 0 Å². The number of benzene rings is 8. The van der Waals surface area contributed by atoms with Crippen molar-refractivity contribution < 1.29 is 9.84 Å². The number of aromatic hydroxyl groups is 1. The zero-order valence-corrected chi connectivity index (χ0v) is 24.7. The van der Waals surface area contributed by atoms with E-state index in [1.54, 1.807) is 13.2 Å². The number of ether oxygens (including phenoxy) is 1. The Labute approximate surface area is 241 Å². The molecule has 1 N–H and O–H groups in total. The predicted octanol–water partition coefficient (Wildman–Crippen LogP) is 11.2. The summed E-state index contributed by atoms with van der Waals surface area (Å²) < 4.78 is 5.44. The Balaban J connectivity index is 0.000000139. The second-order valence-corrected chi connectivity index (χ2v) is 11.5. The van der Waals surface area contributed by atoms with Crippen LogP contribution >= 0.6 is 0 Å². The maximum absolute atomic E-state index is 10.0. The Hall–Kier alpha value is -4.56. The van der Waals surface area contributed by atoms with Gasteiger partial charge < -0.3 is 9.84 Å². The van der Waals surface area contributed by atoms with Gasteiger partial charge in [0.25, 0.3) is 0 Å². The average Bonchev–Trinajstić information content (AvgIpc) is 3.00. The third-order valence-corrected chi connectivity index (χ3v) is 8.16. The van der Waals surface area contributed by atoms with E-state index in [1.165, 1.54) is 43.3 Å². The van der Waals surface area contributed by atoms with Crippen molar-refractivity contribution in [2.24, 2.45) is 0 Å². The lowest BCUT2D eigenvalue weighted by atomic mass is 9.81. The molecule has 0 saturated heterocycles. The van der Waals surface area contributed by atoms with Crippen LogP contribution in [0.5, 0.6) is 11.5 Å². The summed E-state index contributed by atoms with van der Waals surface area (Å²) in [6.07, 6.45) is 0. The van der Waals surface area contributed by atoms with E-state index in [1.807, 2.05) is 38.1 Å². The van der Waals surface area contributed by atoms with Crippen molar-refractivity contribution in [3.05, 3.63) is 109 Å². The second-order valence-electron chi connectivity index (χ2n) is 11.5. The molecule has 204 valence electrons. The molecule has 8 aromatic carbocycles. The lowest BCUT2D eigenvalue weighted by Crippen LogP contribution is -2.11. The molecular formula is C39H36O2. The van der Waals surface area contributed by atoms with Gasteiger partial charge in [-0.3, -0.25) is 0 Å². The highest BCUT2D eigenvalue weighted by Gasteiger charge is 2.19. The summed E-state index contributed by atoms with van der Waals surface area (Å²) in [4.78, 5) is 0. The molecule has 8 rings (SSSR count). The van der Waals surface area contributed by atoms with Gasteiger partial charge >= 0.3 is 0 Å². The molecule has 0 atom stereocenters. The number of hydrogen-bond acceptors (Lipinski definition) is 2. The van der Waals surface area contributed by atoms with E-state index in [4.69, 9.17) is 4.74 Å². The molecule has 2 heteroatoms. The van der Waals surface area contributed by atoms with Crippen molar-refractivity contribution in [1.29, 1.82) is 0 Å². The molecule has 0 bridgehead atoms. The van der Waals surface area contributed by atoms with Crippen LogP contribution in [0.25, 0.3) is 64.6 Å². The molecule has 0 amide bonds. The number of phenolic OH excluding ortho intramolecular Hbond substituents is 1. The van der Waals surface area contributed by atoms with Crippen LogP contribution in [0, 0.1) is 0 Å². The van der Waals surface area contributed by atoms with Crippen molar-refractivity contribution >= 4 is 64.6 Å². The van der Waals surface area contributed by atoms with E-state index in [0.717, 1.165) is 32.7 Å². The zero-order chi connectivity index (χ0) is 28.9. The summed E-state index contributed by atoms with van der Waals surface area (Å²) in [6.45, 7) is 10.9. The number of rotatable bonds is 1. The molecule has 41 heavy (non-hydrogen) atoms. The van der Waals surface area contributed by atoms with Crippen LogP contribution in [-0.2, 0) is 5.41 Å². The van der Waals surface area contributed by atoms with E-state index >= 15 is 0 Å². The standard InChI is InChI=1S/C20H18.C17H12O2.C2H6/c1-20(2,3)17-12-10-15-8-7-13-5-4-6-14-9-11-16(17)19(15)18(13)14;1-19-15-9-5-11-2-6-12-14(18)8-4-10-3-7-13(15)17(11)16(10)12;1-2/h4-12H,1-3H3;2-9,18H,1H3;1-2H3. The number of phenols is 1. The van der Waals surface area contributed by atoms with Gasteiger partial charge in [0.2, 0.25) is 0 Å². The van der Waals surface area contributed by atoms with Crippen LogP contribution in [0.3, 0.4) is 0 Å². The highest BCUT2D eigenvalue weighted by atomic mass is 16.5. The Morgan fingerprint density at radius 2 is 0.927 bits per heavy atom. The quantitative estimate of drug-likeness (QED) is 0.211. The molecule has 0 aromatic heterocycles. The normalized spacial score (nSPS) is 11.8. The van der Waals surface area contributed by atoms with E-state index in [2.05, 4.69) is 93.6 Å². The van der Waals surface area contributed by atoms with E-state index in [0.29, 0.717) is 5.75 Å². The molecule has 0 aliphatic rings. The van der Waals surface area contributed by atoms with Gasteiger partial charge in [-0.1, -0.05) is 120 Å². The predicted molar refractivity (Wildman–Crippen MR) is 179 cm³/mol. The highest BCUT2D eigenvalue weighted by molar-refractivity contribution is 6.25. The lowest BCUT2D eigenvalue weighted by molar-refractivity contribution is 0.420. The van der Waals surface area contributed by atoms with Crippen LogP contribution in [-0.4, -0.2) is 12.2 Å². The van der Waals surface area contributed by atoms with Gasteiger partial charge in [-0.15, -0.1) is 0 Å². The molecule has 0 spiro atoms. The Morgan fingerprint density at radius 1 is 0.488 bits per heavy atom. The molecular weight excluding hydrogens is 500 g/mol. The fourth-order valence-corrected chi connectivity index (χ4v) is 6.33. The largest absolute Gasteiger partial charge is 0.507 e. The minimum absolute atomic E-state index is 0.169. The van der Waals surface area contributed by atoms with Crippen LogP contribution in [0.15, 0.2) is 103 Å². The minimum atomic E-state index is 0.169. The summed E-state index contributed by atoms with van der Waals surface area (Å²) in [5.41, 5.74) is 1.60. The van der Waals surface area contributed by atoms with E-state index in [9.17, 15) is 5.11 Å². The van der Waals surface area contributed by atoms with Crippen LogP contribution in [0.4, 0.5) is 0 Å². The van der Waals surface area contributed by atoms with Crippen molar-refractivity contribution in [2.45, 2.75) is 40.0 Å². The lowest BCUT2D eigenvalue weighted by Gasteiger charge is -2.23. The first-order valence-corrected chi connectivity index (χ1v) is 14.5. The average molecular weight is 537 g/mol. The monoisotopic (exact) mass is 536 g/mol. The first kappa shape index (κ1) is 26.7. The zero-order valence-electron chi connectivity index (χ0n) is 24.7. The van der Waals surface area contributed by atoms with Gasteiger partial charge in [-0.05, 0) is 72.3 Å². The minimum Gasteiger partial charge on any atom is -0.507 e. The van der Waals surface area contributed by atoms with Crippen molar-refractivity contribution in [2.75, 3.05) is 7.11 Å². The van der Waals surface area contributed by atoms with Crippen LogP contribution in [0.1, 0.15) is 40.2 Å². The van der Waals surface area contributed by atoms with Gasteiger partial charge in [0.15, 0.2) is 0 Å². The molecule has 0 fully saturated rings. The van der Waals surface area contributed by atoms with Gasteiger partial charge in [0.1, 0.15) is 11.5 Å². The molecule has 0 aliphatic carbocycles. The maximum Gasteiger partial charge on any atom is 0.126 e. The summed E-state index contributed by atoms with van der Waals surface area (Å²) in [5, 5.41) is 24.8. The SMILES string of the molecule is CC.CC(C)(C)c1ccc2ccc3cccc4ccc1c2c34.COc1ccc2ccc3c(O)ccc4ccc1c2c43. The van der Waals surface area contributed by atoms with Gasteiger partial charge in [0.05, 0.1) is 7.11 Å². The highest BCUT2D eigenvalue weighted by Crippen LogP contribution is 2.41. The summed E-state index contributed by atoms with van der Waals surface area (Å²) in [7, 11) is 1.68. The number of hydrogen-bond donors (Lipinski definition) is 1. The van der Waals surface area contributed by atoms with Crippen LogP contribution < -0.4 is 4.74 Å². The molecule has 0 radical (unpaired) electrons. The smallest absolute Gasteiger partial charge is 0.126 e. The van der Waals surface area contributed by atoms with Crippen molar-refractivity contribution in [3.8, 4) is 11.5 Å². The summed E-state index contributed by atoms with van der Waals surface area (Å²) in [6, 6.07) is 36.1. The third kappa shape index (κ3) is 4.26. The Kier molecular flexibility index (Phi) is 6.58. The first-order valence-electron chi connectivity index (χ1n) is 14.5. The molecule has 8 aromatic rings. The van der Waals surface area contributed by atoms with Gasteiger partial charge in [0, 0.05) is 21.5 Å². The van der Waals surface area contributed by atoms with Crippen molar-refractivity contribution in [3.63, 3.8) is 0 Å². The van der Waals surface area contributed by atoms with Gasteiger partial charge in [-0.2, -0.15) is 0 Å². The molecule has 0 saturated carbocycles. The second kappa shape index (κ2) is 10.1. The van der Waals surface area contributed by atoms with E-state index in [-0.39, 0.29) is 5.41 Å². The number of methoxy groups -OCH3 is 1. The molecule has 2 nitrogen and oxygen atoms in total. The molecule has 0 unspecified atom stereocenters. The molecule has 0 aliphatic heterocycles. The maximum atomic E-state index is 10.0. The van der Waals surface area contributed by atoms with Gasteiger partial charge in [-0.25, -0.2) is 0 Å². The van der Waals surface area contributed by atoms with Crippen molar-refractivity contribution in [1.82, 2.24) is 0 Å². The third-order valence-electron chi connectivity index (χ3n) is 8.16. The summed E-state index contributed by atoms with van der Waals surface area (Å²) in [5.74, 6) is 1.19. The fraction of sp³-hybridized carbons (Fsp3) is 0.179. The summed E-state index contributed by atoms with van der Waals surface area (Å²) >= 11 is 0. The fourth-order valence-electron chi connectivity index (χ4n) is 6.33. The Morgan fingerprint density at radius 3 is 1.54 bits per heavy atom. The van der Waals surface area contributed by atoms with Crippen LogP contribution in [0.2, 0.25) is 0 Å². The topological polar surface area (TPSA) is 29.5 Å².